The van der Waals surface area contributed by atoms with Gasteiger partial charge in [0.2, 0.25) is 5.91 Å². The van der Waals surface area contributed by atoms with Crippen LogP contribution in [-0.2, 0) is 21.6 Å². The second-order valence-electron chi connectivity index (χ2n) is 13.0. The smallest absolute Gasteiger partial charge is 0.337 e. The molecule has 0 unspecified atom stereocenters. The number of nitrogens with zero attached hydrogens (tertiary/aromatic N) is 3. The summed E-state index contributed by atoms with van der Waals surface area (Å²) in [6.07, 6.45) is 1.22. The lowest BCUT2D eigenvalue weighted by Crippen LogP contribution is -2.54. The van der Waals surface area contributed by atoms with E-state index in [1.807, 2.05) is 19.1 Å². The summed E-state index contributed by atoms with van der Waals surface area (Å²) in [7, 11) is 1.36. The van der Waals surface area contributed by atoms with E-state index in [0.717, 1.165) is 16.9 Å². The summed E-state index contributed by atoms with van der Waals surface area (Å²) in [5, 5.41) is 3.64. The van der Waals surface area contributed by atoms with Gasteiger partial charge < -0.3 is 14.6 Å². The number of nitrogens with one attached hydrogen (secondary N) is 1. The Balaban J connectivity index is 1.46. The molecule has 1 fully saturated rings. The Labute approximate surface area is 266 Å². The fraction of sp³-hybridized carbons (Fsp3) is 0.382. The van der Waals surface area contributed by atoms with Crippen molar-refractivity contribution in [3.05, 3.63) is 93.0 Å². The number of esters is 1. The predicted octanol–water partition coefficient (Wildman–Crippen LogP) is 7.72. The van der Waals surface area contributed by atoms with Crippen LogP contribution in [0.1, 0.15) is 66.8 Å². The van der Waals surface area contributed by atoms with Gasteiger partial charge in [-0.2, -0.15) is 0 Å². The third-order valence-electron chi connectivity index (χ3n) is 8.94. The molecule has 7 nitrogen and oxygen atoms in total. The lowest BCUT2D eigenvalue weighted by atomic mass is 9.75. The van der Waals surface area contributed by atoms with E-state index in [9.17, 15) is 9.59 Å². The van der Waals surface area contributed by atoms with Crippen LogP contribution in [-0.4, -0.2) is 46.0 Å². The van der Waals surface area contributed by atoms with Crippen molar-refractivity contribution in [3.63, 3.8) is 0 Å². The number of ether oxygens (including phenoxy) is 1. The number of aromatic nitrogens is 2. The predicted molar refractivity (Wildman–Crippen MR) is 171 cm³/mol. The van der Waals surface area contributed by atoms with Gasteiger partial charge in [-0.25, -0.2) is 14.2 Å². The van der Waals surface area contributed by atoms with E-state index in [1.165, 1.54) is 13.2 Å². The Morgan fingerprint density at radius 1 is 1.16 bits per heavy atom. The number of imidazole rings is 1. The molecule has 3 atom stereocenters. The zero-order valence-corrected chi connectivity index (χ0v) is 26.9. The number of fused-ring (bicyclic) bond motifs is 3. The van der Waals surface area contributed by atoms with Crippen LogP contribution in [0, 0.1) is 18.2 Å². The van der Waals surface area contributed by atoms with Crippen LogP contribution >= 0.6 is 23.2 Å². The van der Waals surface area contributed by atoms with Crippen molar-refractivity contribution < 1.29 is 18.7 Å². The third-order valence-corrected chi connectivity index (χ3v) is 9.47. The van der Waals surface area contributed by atoms with E-state index in [1.54, 1.807) is 36.4 Å². The van der Waals surface area contributed by atoms with Crippen molar-refractivity contribution in [1.82, 2.24) is 14.5 Å². The molecule has 1 aromatic heterocycles. The molecule has 1 spiro atoms. The Morgan fingerprint density at radius 3 is 2.66 bits per heavy atom. The monoisotopic (exact) mass is 636 g/mol. The SMILES string of the molecule is COC(=O)c1ccc2c(c1)nc(C)n2CC[C@H]1C[C@H](c2cccc(Cl)c2F)[C@]2(C(=O)Nc3cc(Cl)ccc32)N1CC(C)(C)C. The molecule has 10 heteroatoms. The summed E-state index contributed by atoms with van der Waals surface area (Å²) in [6.45, 7) is 9.59. The van der Waals surface area contributed by atoms with Crippen LogP contribution in [0.15, 0.2) is 54.6 Å². The quantitative estimate of drug-likeness (QED) is 0.219. The van der Waals surface area contributed by atoms with Crippen LogP contribution in [0.3, 0.4) is 0 Å². The maximum absolute atomic E-state index is 15.9. The van der Waals surface area contributed by atoms with E-state index in [2.05, 4.69) is 35.6 Å². The van der Waals surface area contributed by atoms with Crippen LogP contribution in [0.25, 0.3) is 11.0 Å². The first kappa shape index (κ1) is 30.6. The number of aryl methyl sites for hydroxylation is 2. The molecule has 1 saturated heterocycles. The van der Waals surface area contributed by atoms with Crippen LogP contribution in [0.4, 0.5) is 10.1 Å². The minimum Gasteiger partial charge on any atom is -0.465 e. The highest BCUT2D eigenvalue weighted by molar-refractivity contribution is 6.31. The first-order valence-corrected chi connectivity index (χ1v) is 15.5. The lowest BCUT2D eigenvalue weighted by molar-refractivity contribution is -0.128. The zero-order chi connectivity index (χ0) is 31.6. The van der Waals surface area contributed by atoms with Gasteiger partial charge in [0.25, 0.3) is 0 Å². The van der Waals surface area contributed by atoms with Gasteiger partial charge in [0.05, 0.1) is 28.7 Å². The molecule has 2 aliphatic rings. The molecule has 1 N–H and O–H groups in total. The van der Waals surface area contributed by atoms with Gasteiger partial charge in [-0.1, -0.05) is 62.2 Å². The molecule has 44 heavy (non-hydrogen) atoms. The Hall–Kier alpha value is -3.46. The molecule has 0 radical (unpaired) electrons. The minimum absolute atomic E-state index is 0.0324. The maximum atomic E-state index is 15.9. The summed E-state index contributed by atoms with van der Waals surface area (Å²) in [6, 6.07) is 15.8. The average molecular weight is 638 g/mol. The van der Waals surface area contributed by atoms with Crippen molar-refractivity contribution in [3.8, 4) is 0 Å². The fourth-order valence-electron chi connectivity index (χ4n) is 7.22. The first-order chi connectivity index (χ1) is 20.8. The van der Waals surface area contributed by atoms with E-state index in [4.69, 9.17) is 32.9 Å². The number of carbonyl (C=O) groups excluding carboxylic acids is 2. The number of amides is 1. The highest BCUT2D eigenvalue weighted by Gasteiger charge is 2.63. The molecule has 3 aromatic carbocycles. The number of anilines is 1. The molecule has 1 amide bonds. The fourth-order valence-corrected chi connectivity index (χ4v) is 7.57. The second kappa shape index (κ2) is 11.2. The van der Waals surface area contributed by atoms with Crippen LogP contribution in [0.5, 0.6) is 0 Å². The van der Waals surface area contributed by atoms with Gasteiger partial charge in [-0.3, -0.25) is 9.69 Å². The normalized spacial score (nSPS) is 21.7. The van der Waals surface area contributed by atoms with Crippen LogP contribution < -0.4 is 5.32 Å². The van der Waals surface area contributed by atoms with E-state index < -0.39 is 23.2 Å². The molecular formula is C34H35Cl2FN4O3. The standard InChI is InChI=1S/C34H35Cl2FN4O3/c1-19-38-28-15-20(31(42)44-5)9-12-29(28)40(19)14-13-22-17-25(23-7-6-8-26(36)30(23)37)34(41(22)18-33(2,3)4)24-11-10-21(35)16-27(24)39-32(34)43/h6-12,15-16,22,25H,13-14,17-18H2,1-5H3,(H,39,43)/t22-,25+,34+/m0/s1. The molecule has 0 saturated carbocycles. The molecule has 0 bridgehead atoms. The summed E-state index contributed by atoms with van der Waals surface area (Å²) in [5.74, 6) is -0.787. The topological polar surface area (TPSA) is 76.5 Å². The number of rotatable bonds is 6. The van der Waals surface area contributed by atoms with E-state index in [0.29, 0.717) is 53.3 Å². The molecular weight excluding hydrogens is 602 g/mol. The number of hydrogen-bond acceptors (Lipinski definition) is 5. The number of likely N-dealkylation sites (tertiary alicyclic amines) is 1. The summed E-state index contributed by atoms with van der Waals surface area (Å²) >= 11 is 12.7. The van der Waals surface area contributed by atoms with Crippen molar-refractivity contribution in [2.45, 2.75) is 64.6 Å². The Morgan fingerprint density at radius 2 is 1.93 bits per heavy atom. The summed E-state index contributed by atoms with van der Waals surface area (Å²) in [5.41, 5.74) is 2.58. The maximum Gasteiger partial charge on any atom is 0.337 e. The van der Waals surface area contributed by atoms with Gasteiger partial charge in [0, 0.05) is 41.3 Å². The van der Waals surface area contributed by atoms with E-state index >= 15 is 4.39 Å². The molecule has 4 aromatic rings. The summed E-state index contributed by atoms with van der Waals surface area (Å²) < 4.78 is 22.9. The van der Waals surface area contributed by atoms with Gasteiger partial charge in [0.15, 0.2) is 0 Å². The number of methoxy groups -OCH3 is 1. The lowest BCUT2D eigenvalue weighted by Gasteiger charge is -2.43. The van der Waals surface area contributed by atoms with Crippen LogP contribution in [0.2, 0.25) is 10.0 Å². The molecule has 230 valence electrons. The highest BCUT2D eigenvalue weighted by atomic mass is 35.5. The van der Waals surface area contributed by atoms with Crippen molar-refractivity contribution >= 4 is 51.8 Å². The first-order valence-electron chi connectivity index (χ1n) is 14.7. The van der Waals surface area contributed by atoms with Crippen molar-refractivity contribution in [1.29, 1.82) is 0 Å². The van der Waals surface area contributed by atoms with Gasteiger partial charge in [0.1, 0.15) is 17.2 Å². The zero-order valence-electron chi connectivity index (χ0n) is 25.4. The van der Waals surface area contributed by atoms with Crippen molar-refractivity contribution in [2.75, 3.05) is 19.0 Å². The molecule has 0 aliphatic carbocycles. The second-order valence-corrected chi connectivity index (χ2v) is 13.8. The number of benzene rings is 3. The molecule has 2 aliphatic heterocycles. The summed E-state index contributed by atoms with van der Waals surface area (Å²) in [4.78, 5) is 33.5. The van der Waals surface area contributed by atoms with Crippen molar-refractivity contribution in [2.24, 2.45) is 5.41 Å². The van der Waals surface area contributed by atoms with Gasteiger partial charge >= 0.3 is 5.97 Å². The number of carbonyl (C=O) groups is 2. The average Bonchev–Trinajstić information content (AvgIpc) is 3.56. The largest absolute Gasteiger partial charge is 0.465 e. The van der Waals surface area contributed by atoms with Gasteiger partial charge in [-0.15, -0.1) is 0 Å². The third kappa shape index (κ3) is 4.97. The minimum atomic E-state index is -1.16. The highest BCUT2D eigenvalue weighted by Crippen LogP contribution is 2.58. The number of halogens is 3. The van der Waals surface area contributed by atoms with E-state index in [-0.39, 0.29) is 22.4 Å². The molecule has 6 rings (SSSR count). The Bertz CT molecular complexity index is 1800. The number of hydrogen-bond donors (Lipinski definition) is 1. The van der Waals surface area contributed by atoms with Gasteiger partial charge in [-0.05, 0) is 67.1 Å². The molecule has 3 heterocycles. The Kier molecular flexibility index (Phi) is 7.75.